The second-order valence-electron chi connectivity index (χ2n) is 14.4. The van der Waals surface area contributed by atoms with E-state index in [9.17, 15) is 29.1 Å². The highest BCUT2D eigenvalue weighted by Gasteiger charge is 2.55. The largest absolute Gasteiger partial charge is 0.462 e. The second-order valence-corrected chi connectivity index (χ2v) is 14.4. The van der Waals surface area contributed by atoms with Crippen LogP contribution in [0.3, 0.4) is 0 Å². The van der Waals surface area contributed by atoms with Crippen molar-refractivity contribution < 1.29 is 57.9 Å². The van der Waals surface area contributed by atoms with E-state index in [1.54, 1.807) is 32.1 Å². The van der Waals surface area contributed by atoms with E-state index in [4.69, 9.17) is 28.8 Å². The minimum atomic E-state index is -1.44. The van der Waals surface area contributed by atoms with E-state index in [1.807, 2.05) is 60.7 Å². The molecule has 0 bridgehead atoms. The summed E-state index contributed by atoms with van der Waals surface area (Å²) in [5.41, 5.74) is 1.54. The molecule has 2 fully saturated rings. The van der Waals surface area contributed by atoms with Crippen LogP contribution in [-0.4, -0.2) is 96.3 Å². The molecule has 3 aliphatic rings. The average Bonchev–Trinajstić information content (AvgIpc) is 3.72. The van der Waals surface area contributed by atoms with Gasteiger partial charge >= 0.3 is 17.9 Å². The summed E-state index contributed by atoms with van der Waals surface area (Å²) in [4.78, 5) is 64.7. The highest BCUT2D eigenvalue weighted by atomic mass is 16.8. The van der Waals surface area contributed by atoms with Crippen LogP contribution in [0.15, 0.2) is 103 Å². The fourth-order valence-electron chi connectivity index (χ4n) is 6.71. The third kappa shape index (κ3) is 8.74. The van der Waals surface area contributed by atoms with Gasteiger partial charge in [0.15, 0.2) is 0 Å². The molecule has 3 aromatic carbocycles. The normalized spacial score (nSPS) is 23.2. The molecule has 14 nitrogen and oxygen atoms in total. The van der Waals surface area contributed by atoms with Crippen molar-refractivity contribution in [2.45, 2.75) is 69.5 Å². The molecule has 0 aromatic heterocycles. The van der Waals surface area contributed by atoms with Gasteiger partial charge in [-0.05, 0) is 36.8 Å². The van der Waals surface area contributed by atoms with Gasteiger partial charge in [-0.25, -0.2) is 14.4 Å². The van der Waals surface area contributed by atoms with Gasteiger partial charge in [-0.3, -0.25) is 9.59 Å². The van der Waals surface area contributed by atoms with Crippen LogP contribution in [-0.2, 0) is 48.6 Å². The molecular weight excluding hydrogens is 724 g/mol. The maximum atomic E-state index is 13.8. The van der Waals surface area contributed by atoms with E-state index >= 15 is 0 Å². The van der Waals surface area contributed by atoms with Crippen LogP contribution in [0.5, 0.6) is 0 Å². The van der Waals surface area contributed by atoms with Crippen LogP contribution in [0.25, 0.3) is 6.08 Å². The number of benzene rings is 3. The Morgan fingerprint density at radius 2 is 1.57 bits per heavy atom. The highest BCUT2D eigenvalue weighted by molar-refractivity contribution is 5.98. The standard InChI is InChI=1S/C42H44N2O12/c1-25(46)34(38(49)43-20-21-45)44-37(48)28-22-31(35-32(23-28)55-42(56-35,29-10-6-4-7-11-29)30-12-8-5-9-13-30)53-39(50)27-17-14-26(15-18-27)16-19-33(47)54-36-40(51)52-24-41(36,2)3/h4-19,23,25,31-32,34-36,45-46H,20-22,24H2,1-3H3,(H,43,49)(H,44,48)/t25-,31+,32+,34+,35-,36-/m0/s1. The fourth-order valence-corrected chi connectivity index (χ4v) is 6.71. The number of cyclic esters (lactones) is 1. The van der Waals surface area contributed by atoms with Crippen molar-refractivity contribution >= 4 is 35.8 Å². The van der Waals surface area contributed by atoms with E-state index in [1.165, 1.54) is 31.2 Å². The van der Waals surface area contributed by atoms with Gasteiger partial charge in [-0.15, -0.1) is 0 Å². The Kier molecular flexibility index (Phi) is 12.1. The molecule has 6 atom stereocenters. The molecule has 294 valence electrons. The molecular formula is C42H44N2O12. The van der Waals surface area contributed by atoms with E-state index in [0.29, 0.717) is 16.7 Å². The number of amides is 2. The molecule has 3 aromatic rings. The topological polar surface area (TPSA) is 196 Å². The number of aliphatic hydroxyl groups is 2. The summed E-state index contributed by atoms with van der Waals surface area (Å²) in [5.74, 6) is -4.88. The van der Waals surface area contributed by atoms with Crippen LogP contribution < -0.4 is 10.6 Å². The average molecular weight is 769 g/mol. The molecule has 0 radical (unpaired) electrons. The molecule has 56 heavy (non-hydrogen) atoms. The van der Waals surface area contributed by atoms with Gasteiger partial charge in [-0.1, -0.05) is 86.6 Å². The molecule has 2 aliphatic heterocycles. The van der Waals surface area contributed by atoms with Gasteiger partial charge in [-0.2, -0.15) is 0 Å². The molecule has 2 saturated heterocycles. The zero-order valence-electron chi connectivity index (χ0n) is 31.1. The lowest BCUT2D eigenvalue weighted by Gasteiger charge is -2.31. The van der Waals surface area contributed by atoms with Gasteiger partial charge in [0, 0.05) is 41.2 Å². The number of fused-ring (bicyclic) bond motifs is 1. The zero-order chi connectivity index (χ0) is 40.0. The van der Waals surface area contributed by atoms with Crippen molar-refractivity contribution in [2.24, 2.45) is 5.41 Å². The van der Waals surface area contributed by atoms with Gasteiger partial charge in [0.25, 0.3) is 0 Å². The smallest absolute Gasteiger partial charge is 0.348 e. The zero-order valence-corrected chi connectivity index (χ0v) is 31.1. The summed E-state index contributed by atoms with van der Waals surface area (Å²) in [6, 6.07) is 23.3. The maximum Gasteiger partial charge on any atom is 0.348 e. The fraction of sp³-hybridized carbons (Fsp3) is 0.357. The van der Waals surface area contributed by atoms with Crippen molar-refractivity contribution in [3.63, 3.8) is 0 Å². The molecule has 6 rings (SSSR count). The predicted molar refractivity (Wildman–Crippen MR) is 199 cm³/mol. The number of ether oxygens (including phenoxy) is 5. The Morgan fingerprint density at radius 1 is 0.929 bits per heavy atom. The first-order valence-corrected chi connectivity index (χ1v) is 18.2. The van der Waals surface area contributed by atoms with Crippen LogP contribution >= 0.6 is 0 Å². The van der Waals surface area contributed by atoms with E-state index in [2.05, 4.69) is 10.6 Å². The van der Waals surface area contributed by atoms with Crippen molar-refractivity contribution in [1.29, 1.82) is 0 Å². The quantitative estimate of drug-likeness (QED) is 0.113. The third-order valence-corrected chi connectivity index (χ3v) is 9.70. The number of hydrogen-bond acceptors (Lipinski definition) is 12. The van der Waals surface area contributed by atoms with E-state index in [-0.39, 0.29) is 37.3 Å². The molecule has 0 spiro atoms. The van der Waals surface area contributed by atoms with E-state index < -0.39 is 77.5 Å². The molecule has 4 N–H and O–H groups in total. The van der Waals surface area contributed by atoms with Crippen LogP contribution in [0.4, 0.5) is 0 Å². The second kappa shape index (κ2) is 17.0. The lowest BCUT2D eigenvalue weighted by atomic mass is 9.90. The van der Waals surface area contributed by atoms with Crippen molar-refractivity contribution in [1.82, 2.24) is 10.6 Å². The van der Waals surface area contributed by atoms with Crippen molar-refractivity contribution in [3.05, 3.63) is 125 Å². The number of carbonyl (C=O) groups is 5. The lowest BCUT2D eigenvalue weighted by molar-refractivity contribution is -0.159. The molecule has 2 heterocycles. The monoisotopic (exact) mass is 768 g/mol. The SMILES string of the molecule is C[C@H](O)[C@@H](NC(=O)C1=C[C@H]2OC(c3ccccc3)(c3ccccc3)O[C@H]2[C@H](OC(=O)c2ccc(C=CC(=O)O[C@H]3C(=O)OCC3(C)C)cc2)C1)C(=O)NCCO. The number of rotatable bonds is 13. The molecule has 1 aliphatic carbocycles. The Balaban J connectivity index is 1.24. The molecule has 0 saturated carbocycles. The van der Waals surface area contributed by atoms with Gasteiger partial charge < -0.3 is 44.5 Å². The lowest BCUT2D eigenvalue weighted by Crippen LogP contribution is -2.54. The summed E-state index contributed by atoms with van der Waals surface area (Å²) in [6.07, 6.45) is -1.03. The molecule has 2 amide bonds. The Morgan fingerprint density at radius 3 is 2.14 bits per heavy atom. The first-order valence-electron chi connectivity index (χ1n) is 18.2. The number of hydrogen-bond donors (Lipinski definition) is 4. The Labute approximate surface area is 323 Å². The predicted octanol–water partition coefficient (Wildman–Crippen LogP) is 2.71. The summed E-state index contributed by atoms with van der Waals surface area (Å²) >= 11 is 0. The van der Waals surface area contributed by atoms with Gasteiger partial charge in [0.2, 0.25) is 23.7 Å². The summed E-state index contributed by atoms with van der Waals surface area (Å²) in [5, 5.41) is 24.5. The van der Waals surface area contributed by atoms with Crippen LogP contribution in [0, 0.1) is 5.41 Å². The molecule has 14 heteroatoms. The number of nitrogens with one attached hydrogen (secondary N) is 2. The number of esters is 3. The Bertz CT molecular complexity index is 1940. The third-order valence-electron chi connectivity index (χ3n) is 9.70. The minimum absolute atomic E-state index is 0.0741. The van der Waals surface area contributed by atoms with Gasteiger partial charge in [0.1, 0.15) is 31.0 Å². The number of carbonyl (C=O) groups excluding carboxylic acids is 5. The van der Waals surface area contributed by atoms with Crippen LogP contribution in [0.2, 0.25) is 0 Å². The summed E-state index contributed by atoms with van der Waals surface area (Å²) in [6.45, 7) is 4.62. The Hall–Kier alpha value is -5.67. The minimum Gasteiger partial charge on any atom is -0.462 e. The van der Waals surface area contributed by atoms with E-state index in [0.717, 1.165) is 0 Å². The van der Waals surface area contributed by atoms with Crippen molar-refractivity contribution in [3.8, 4) is 0 Å². The van der Waals surface area contributed by atoms with Crippen LogP contribution in [0.1, 0.15) is 54.2 Å². The highest BCUT2D eigenvalue weighted by Crippen LogP contribution is 2.47. The maximum absolute atomic E-state index is 13.8. The first-order chi connectivity index (χ1) is 26.8. The number of aliphatic hydroxyl groups excluding tert-OH is 2. The summed E-state index contributed by atoms with van der Waals surface area (Å²) < 4.78 is 29.9. The summed E-state index contributed by atoms with van der Waals surface area (Å²) in [7, 11) is 0. The van der Waals surface area contributed by atoms with Gasteiger partial charge in [0.05, 0.1) is 18.3 Å². The first kappa shape index (κ1) is 40.0. The molecule has 0 unspecified atom stereocenters. The van der Waals surface area contributed by atoms with Crippen molar-refractivity contribution in [2.75, 3.05) is 19.8 Å².